The fourth-order valence-corrected chi connectivity index (χ4v) is 4.19. The number of aromatic nitrogens is 1. The lowest BCUT2D eigenvalue weighted by Gasteiger charge is -2.51. The van der Waals surface area contributed by atoms with Crippen molar-refractivity contribution in [1.29, 1.82) is 0 Å². The molecule has 4 atom stereocenters. The molecular formula is C14H15ClN2. The first-order valence-corrected chi connectivity index (χ1v) is 6.63. The highest BCUT2D eigenvalue weighted by molar-refractivity contribution is 6.29. The topological polar surface area (TPSA) is 16.1 Å². The van der Waals surface area contributed by atoms with E-state index in [-0.39, 0.29) is 0 Å². The predicted molar refractivity (Wildman–Crippen MR) is 67.8 cm³/mol. The van der Waals surface area contributed by atoms with Crippen molar-refractivity contribution < 1.29 is 0 Å². The van der Waals surface area contributed by atoms with Crippen LogP contribution in [0, 0.1) is 11.3 Å². The fraction of sp³-hybridized carbons (Fsp3) is 0.500. The lowest BCUT2D eigenvalue weighted by atomic mass is 9.53. The zero-order valence-electron chi connectivity index (χ0n) is 9.81. The van der Waals surface area contributed by atoms with Gasteiger partial charge in [-0.05, 0) is 31.5 Å². The quantitative estimate of drug-likeness (QED) is 0.559. The second kappa shape index (κ2) is 3.12. The van der Waals surface area contributed by atoms with Crippen LogP contribution < -0.4 is 0 Å². The highest BCUT2D eigenvalue weighted by Gasteiger charge is 2.64. The molecule has 0 N–H and O–H groups in total. The van der Waals surface area contributed by atoms with E-state index >= 15 is 0 Å². The minimum Gasteiger partial charge on any atom is -0.295 e. The van der Waals surface area contributed by atoms with Gasteiger partial charge in [0.25, 0.3) is 0 Å². The molecule has 1 saturated carbocycles. The molecule has 0 bridgehead atoms. The summed E-state index contributed by atoms with van der Waals surface area (Å²) in [4.78, 5) is 6.77. The smallest absolute Gasteiger partial charge is 0.129 e. The van der Waals surface area contributed by atoms with Gasteiger partial charge >= 0.3 is 0 Å². The average molecular weight is 247 g/mol. The Morgan fingerprint density at radius 3 is 2.82 bits per heavy atom. The van der Waals surface area contributed by atoms with Crippen LogP contribution in [0.25, 0.3) is 0 Å². The van der Waals surface area contributed by atoms with E-state index in [0.717, 1.165) is 6.04 Å². The van der Waals surface area contributed by atoms with Crippen LogP contribution in [0.1, 0.15) is 24.4 Å². The Morgan fingerprint density at radius 2 is 2.35 bits per heavy atom. The Morgan fingerprint density at radius 1 is 1.47 bits per heavy atom. The molecule has 1 aromatic rings. The van der Waals surface area contributed by atoms with Gasteiger partial charge in [-0.25, -0.2) is 4.98 Å². The Balaban J connectivity index is 1.75. The normalized spacial score (nSPS) is 42.6. The molecule has 88 valence electrons. The predicted octanol–water partition coefficient (Wildman–Crippen LogP) is 3.06. The summed E-state index contributed by atoms with van der Waals surface area (Å²) in [6.45, 7) is 0. The number of halogens is 1. The first-order chi connectivity index (χ1) is 8.22. The third kappa shape index (κ3) is 1.08. The summed E-state index contributed by atoms with van der Waals surface area (Å²) in [6.07, 6.45) is 9.46. The monoisotopic (exact) mass is 246 g/mol. The van der Waals surface area contributed by atoms with Crippen molar-refractivity contribution in [3.05, 3.63) is 41.2 Å². The largest absolute Gasteiger partial charge is 0.295 e. The van der Waals surface area contributed by atoms with Crippen LogP contribution >= 0.6 is 11.6 Å². The second-order valence-electron chi connectivity index (χ2n) is 5.58. The van der Waals surface area contributed by atoms with Crippen LogP contribution in [0.5, 0.6) is 0 Å². The second-order valence-corrected chi connectivity index (χ2v) is 5.96. The zero-order chi connectivity index (χ0) is 11.6. The molecule has 4 rings (SSSR count). The minimum atomic E-state index is 0.497. The van der Waals surface area contributed by atoms with Crippen molar-refractivity contribution in [2.75, 3.05) is 7.05 Å². The summed E-state index contributed by atoms with van der Waals surface area (Å²) < 4.78 is 0. The third-order valence-electron chi connectivity index (χ3n) is 5.07. The van der Waals surface area contributed by atoms with Crippen molar-refractivity contribution in [2.24, 2.45) is 11.3 Å². The molecule has 17 heavy (non-hydrogen) atoms. The molecule has 4 unspecified atom stereocenters. The average Bonchev–Trinajstić information content (AvgIpc) is 2.33. The molecule has 2 heterocycles. The van der Waals surface area contributed by atoms with Crippen LogP contribution in [0.15, 0.2) is 30.5 Å². The van der Waals surface area contributed by atoms with E-state index in [4.69, 9.17) is 11.6 Å². The Bertz CT molecular complexity index is 495. The van der Waals surface area contributed by atoms with Gasteiger partial charge in [-0.15, -0.1) is 0 Å². The van der Waals surface area contributed by atoms with Crippen LogP contribution in [0.3, 0.4) is 0 Å². The number of likely N-dealkylation sites (tertiary alicyclic amines) is 1. The summed E-state index contributed by atoms with van der Waals surface area (Å²) in [7, 11) is 2.25. The highest BCUT2D eigenvalue weighted by atomic mass is 35.5. The molecule has 2 aliphatic carbocycles. The van der Waals surface area contributed by atoms with Gasteiger partial charge in [-0.3, -0.25) is 4.90 Å². The fourth-order valence-electron chi connectivity index (χ4n) is 4.08. The Hall–Kier alpha value is -0.860. The van der Waals surface area contributed by atoms with Crippen LogP contribution in [0.2, 0.25) is 5.15 Å². The summed E-state index contributed by atoms with van der Waals surface area (Å²) in [5.41, 5.74) is 1.80. The molecule has 2 fully saturated rings. The van der Waals surface area contributed by atoms with Gasteiger partial charge in [0.1, 0.15) is 5.15 Å². The first-order valence-electron chi connectivity index (χ1n) is 6.25. The maximum Gasteiger partial charge on any atom is 0.129 e. The third-order valence-corrected chi connectivity index (χ3v) is 5.29. The van der Waals surface area contributed by atoms with Gasteiger partial charge in [-0.1, -0.05) is 29.8 Å². The van der Waals surface area contributed by atoms with Crippen LogP contribution in [0.4, 0.5) is 0 Å². The van der Waals surface area contributed by atoms with Crippen molar-refractivity contribution >= 4 is 11.6 Å². The summed E-state index contributed by atoms with van der Waals surface area (Å²) in [6, 6.07) is 5.27. The maximum atomic E-state index is 5.86. The van der Waals surface area contributed by atoms with E-state index in [9.17, 15) is 0 Å². The van der Waals surface area contributed by atoms with Crippen LogP contribution in [-0.2, 0) is 0 Å². The molecule has 3 aliphatic rings. The molecule has 1 aliphatic heterocycles. The van der Waals surface area contributed by atoms with E-state index in [2.05, 4.69) is 35.1 Å². The van der Waals surface area contributed by atoms with E-state index < -0.39 is 0 Å². The summed E-state index contributed by atoms with van der Waals surface area (Å²) >= 11 is 5.86. The van der Waals surface area contributed by atoms with Gasteiger partial charge in [0.15, 0.2) is 0 Å². The molecule has 0 amide bonds. The van der Waals surface area contributed by atoms with Gasteiger partial charge in [-0.2, -0.15) is 0 Å². The Labute approximate surface area is 106 Å². The lowest BCUT2D eigenvalue weighted by molar-refractivity contribution is 0.0739. The number of rotatable bonds is 1. The minimum absolute atomic E-state index is 0.497. The molecular weight excluding hydrogens is 232 g/mol. The van der Waals surface area contributed by atoms with Gasteiger partial charge in [0.05, 0.1) is 0 Å². The number of pyridine rings is 1. The van der Waals surface area contributed by atoms with Gasteiger partial charge < -0.3 is 0 Å². The van der Waals surface area contributed by atoms with E-state index in [0.29, 0.717) is 22.5 Å². The molecule has 1 saturated heterocycles. The van der Waals surface area contributed by atoms with E-state index in [1.54, 1.807) is 0 Å². The van der Waals surface area contributed by atoms with Crippen LogP contribution in [-0.4, -0.2) is 23.0 Å². The number of hydrogen-bond acceptors (Lipinski definition) is 2. The maximum absolute atomic E-state index is 5.86. The van der Waals surface area contributed by atoms with Crippen molar-refractivity contribution in [1.82, 2.24) is 9.88 Å². The number of hydrogen-bond donors (Lipinski definition) is 0. The van der Waals surface area contributed by atoms with Crippen molar-refractivity contribution in [2.45, 2.75) is 24.9 Å². The van der Waals surface area contributed by atoms with Crippen molar-refractivity contribution in [3.8, 4) is 0 Å². The van der Waals surface area contributed by atoms with Crippen molar-refractivity contribution in [3.63, 3.8) is 0 Å². The summed E-state index contributed by atoms with van der Waals surface area (Å²) in [5.74, 6) is 0.689. The first kappa shape index (κ1) is 10.1. The van der Waals surface area contributed by atoms with E-state index in [1.807, 2.05) is 12.3 Å². The van der Waals surface area contributed by atoms with E-state index in [1.165, 1.54) is 18.4 Å². The zero-order valence-corrected chi connectivity index (χ0v) is 10.6. The molecule has 0 radical (unpaired) electrons. The number of nitrogens with zero attached hydrogens (tertiary/aromatic N) is 2. The van der Waals surface area contributed by atoms with Gasteiger partial charge in [0.2, 0.25) is 0 Å². The SMILES string of the molecule is CN1C(c2ccc(Cl)nc2)C2C=CC23CCC13. The molecule has 2 nitrogen and oxygen atoms in total. The Kier molecular flexibility index (Phi) is 1.85. The molecule has 3 heteroatoms. The molecule has 1 spiro atoms. The molecule has 0 aromatic carbocycles. The molecule has 1 aromatic heterocycles. The van der Waals surface area contributed by atoms with Gasteiger partial charge in [0, 0.05) is 29.6 Å². The lowest BCUT2D eigenvalue weighted by Crippen LogP contribution is -2.50. The highest BCUT2D eigenvalue weighted by Crippen LogP contribution is 2.66. The summed E-state index contributed by atoms with van der Waals surface area (Å²) in [5, 5.41) is 0.580. The standard InChI is InChI=1S/C14H15ClN2/c1-17-11-5-7-14(11)6-4-10(14)13(17)9-2-3-12(15)16-8-9/h2-4,6,8,10-11,13H,5,7H2,1H3.